The number of nitrogens with zero attached hydrogens (tertiary/aromatic N) is 3. The molecule has 0 saturated heterocycles. The molecule has 2 aromatic heterocycles. The van der Waals surface area contributed by atoms with Gasteiger partial charge in [-0.25, -0.2) is 0 Å². The van der Waals surface area contributed by atoms with Crippen LogP contribution in [0.1, 0.15) is 27.3 Å². The van der Waals surface area contributed by atoms with E-state index >= 15 is 0 Å². The van der Waals surface area contributed by atoms with E-state index in [1.165, 1.54) is 11.8 Å². The summed E-state index contributed by atoms with van der Waals surface area (Å²) in [7, 11) is 0. The van der Waals surface area contributed by atoms with Crippen molar-refractivity contribution in [3.05, 3.63) is 112 Å². The topological polar surface area (TPSA) is 67.2 Å². The Morgan fingerprint density at radius 2 is 1.80 bits per heavy atom. The summed E-state index contributed by atoms with van der Waals surface area (Å²) in [4.78, 5) is 33.4. The Morgan fingerprint density at radius 1 is 0.971 bits per heavy atom. The summed E-state index contributed by atoms with van der Waals surface area (Å²) in [5.41, 5.74) is 4.34. The molecular weight excluding hydrogens is 524 g/mol. The molecule has 4 aromatic rings. The highest BCUT2D eigenvalue weighted by Gasteiger charge is 2.26. The van der Waals surface area contributed by atoms with Crippen LogP contribution in [-0.2, 0) is 24.4 Å². The van der Waals surface area contributed by atoms with E-state index in [0.29, 0.717) is 31.1 Å². The van der Waals surface area contributed by atoms with Gasteiger partial charge in [0.05, 0.1) is 18.8 Å². The molecule has 1 aliphatic rings. The number of fused-ring (bicyclic) bond motifs is 2. The van der Waals surface area contributed by atoms with Gasteiger partial charge in [-0.1, -0.05) is 40.2 Å². The number of thioether (sulfide) groups is 1. The van der Waals surface area contributed by atoms with Gasteiger partial charge in [-0.15, -0.1) is 11.8 Å². The van der Waals surface area contributed by atoms with Crippen LogP contribution in [0.5, 0.6) is 0 Å². The summed E-state index contributed by atoms with van der Waals surface area (Å²) < 4.78 is 3.02. The van der Waals surface area contributed by atoms with Gasteiger partial charge in [-0.3, -0.25) is 14.6 Å². The smallest absolute Gasteiger partial charge is 0.268 e. The number of pyridine rings is 1. The first kappa shape index (κ1) is 23.4. The van der Waals surface area contributed by atoms with Crippen LogP contribution in [0.2, 0.25) is 0 Å². The van der Waals surface area contributed by atoms with Crippen LogP contribution < -0.4 is 10.2 Å². The highest BCUT2D eigenvalue weighted by Crippen LogP contribution is 2.30. The molecule has 0 unspecified atom stereocenters. The van der Waals surface area contributed by atoms with Gasteiger partial charge in [0.15, 0.2) is 0 Å². The fourth-order valence-corrected chi connectivity index (χ4v) is 5.15. The van der Waals surface area contributed by atoms with Gasteiger partial charge < -0.3 is 14.8 Å². The molecular formula is C27H23BrN4O2S. The molecule has 1 aliphatic heterocycles. The van der Waals surface area contributed by atoms with Crippen molar-refractivity contribution in [3.8, 4) is 0 Å². The van der Waals surface area contributed by atoms with Crippen LogP contribution in [0.3, 0.4) is 0 Å². The number of hydrogen-bond acceptors (Lipinski definition) is 4. The second-order valence-corrected chi connectivity index (χ2v) is 10.2. The lowest BCUT2D eigenvalue weighted by Gasteiger charge is -2.22. The number of anilines is 1. The molecule has 0 radical (unpaired) electrons. The maximum atomic E-state index is 13.4. The Hall–Kier alpha value is -3.36. The maximum Gasteiger partial charge on any atom is 0.268 e. The first-order valence-corrected chi connectivity index (χ1v) is 13.0. The number of carbonyl (C=O) groups excluding carboxylic acids is 2. The minimum Gasteiger partial charge on any atom is -0.347 e. The van der Waals surface area contributed by atoms with Crippen molar-refractivity contribution in [2.24, 2.45) is 0 Å². The molecule has 3 heterocycles. The standard InChI is InChI=1S/C27H23BrN4O2S/c28-21-7-10-23(11-8-21)35-18-26(33)32-17-22-9-12-25(27(34)30-15-19-4-3-13-29-14-19)31(22)16-20-5-1-2-6-24(20)32/h1-14H,15-18H2,(H,30,34). The van der Waals surface area contributed by atoms with Gasteiger partial charge in [-0.2, -0.15) is 0 Å². The predicted octanol–water partition coefficient (Wildman–Crippen LogP) is 5.26. The summed E-state index contributed by atoms with van der Waals surface area (Å²) in [6, 6.07) is 23.4. The third kappa shape index (κ3) is 5.33. The highest BCUT2D eigenvalue weighted by molar-refractivity contribution is 9.10. The lowest BCUT2D eigenvalue weighted by atomic mass is 10.1. The molecule has 0 atom stereocenters. The first-order chi connectivity index (χ1) is 17.1. The number of halogens is 1. The average Bonchev–Trinajstić information content (AvgIpc) is 3.20. The largest absolute Gasteiger partial charge is 0.347 e. The number of nitrogens with one attached hydrogen (secondary N) is 1. The number of carbonyl (C=O) groups is 2. The Labute approximate surface area is 216 Å². The van der Waals surface area contributed by atoms with Crippen molar-refractivity contribution < 1.29 is 9.59 Å². The molecule has 6 nitrogen and oxygen atoms in total. The number of para-hydroxylation sites is 1. The number of aromatic nitrogens is 2. The van der Waals surface area contributed by atoms with E-state index in [9.17, 15) is 9.59 Å². The van der Waals surface area contributed by atoms with Crippen LogP contribution in [0, 0.1) is 0 Å². The van der Waals surface area contributed by atoms with Crippen LogP contribution in [-0.4, -0.2) is 27.1 Å². The van der Waals surface area contributed by atoms with Crippen molar-refractivity contribution in [2.45, 2.75) is 24.5 Å². The van der Waals surface area contributed by atoms with Gasteiger partial charge in [0.25, 0.3) is 5.91 Å². The maximum absolute atomic E-state index is 13.4. The van der Waals surface area contributed by atoms with E-state index in [0.717, 1.165) is 31.9 Å². The Bertz CT molecular complexity index is 1360. The van der Waals surface area contributed by atoms with E-state index in [4.69, 9.17) is 0 Å². The summed E-state index contributed by atoms with van der Waals surface area (Å²) in [5, 5.41) is 2.99. The molecule has 2 amide bonds. The van der Waals surface area contributed by atoms with Crippen molar-refractivity contribution in [2.75, 3.05) is 10.7 Å². The number of amides is 2. The molecule has 0 aliphatic carbocycles. The van der Waals surface area contributed by atoms with Crippen LogP contribution >= 0.6 is 27.7 Å². The Kier molecular flexibility index (Phi) is 7.01. The van der Waals surface area contributed by atoms with Gasteiger partial charge in [0.1, 0.15) is 5.69 Å². The van der Waals surface area contributed by atoms with Gasteiger partial charge in [-0.05, 0) is 59.7 Å². The normalized spacial score (nSPS) is 12.4. The lowest BCUT2D eigenvalue weighted by Crippen LogP contribution is -2.32. The van der Waals surface area contributed by atoms with E-state index in [-0.39, 0.29) is 11.8 Å². The number of rotatable bonds is 6. The minimum atomic E-state index is -0.150. The van der Waals surface area contributed by atoms with Crippen LogP contribution in [0.4, 0.5) is 5.69 Å². The van der Waals surface area contributed by atoms with Crippen LogP contribution in [0.15, 0.2) is 94.6 Å². The van der Waals surface area contributed by atoms with Crippen molar-refractivity contribution in [3.63, 3.8) is 0 Å². The van der Waals surface area contributed by atoms with Gasteiger partial charge in [0, 0.05) is 39.7 Å². The van der Waals surface area contributed by atoms with E-state index in [1.807, 2.05) is 82.3 Å². The molecule has 0 saturated carbocycles. The number of benzene rings is 2. The third-order valence-corrected chi connectivity index (χ3v) is 7.41. The second-order valence-electron chi connectivity index (χ2n) is 8.19. The molecule has 8 heteroatoms. The molecule has 0 fully saturated rings. The predicted molar refractivity (Wildman–Crippen MR) is 141 cm³/mol. The molecule has 5 rings (SSSR count). The van der Waals surface area contributed by atoms with Gasteiger partial charge in [0.2, 0.25) is 5.91 Å². The zero-order valence-corrected chi connectivity index (χ0v) is 21.3. The summed E-state index contributed by atoms with van der Waals surface area (Å²) in [5.74, 6) is 0.209. The molecule has 176 valence electrons. The quantitative estimate of drug-likeness (QED) is 0.335. The molecule has 0 bridgehead atoms. The Morgan fingerprint density at radius 3 is 2.60 bits per heavy atom. The van der Waals surface area contributed by atoms with Gasteiger partial charge >= 0.3 is 0 Å². The van der Waals surface area contributed by atoms with Crippen molar-refractivity contribution in [1.29, 1.82) is 0 Å². The SMILES string of the molecule is O=C(NCc1cccnc1)c1ccc2n1Cc1ccccc1N(C(=O)CSc1ccc(Br)cc1)C2. The zero-order chi connectivity index (χ0) is 24.2. The molecule has 1 N–H and O–H groups in total. The minimum absolute atomic E-state index is 0.0302. The fraction of sp³-hybridized carbons (Fsp3) is 0.148. The fourth-order valence-electron chi connectivity index (χ4n) is 4.11. The zero-order valence-electron chi connectivity index (χ0n) is 18.9. The van der Waals surface area contributed by atoms with E-state index in [1.54, 1.807) is 12.4 Å². The molecule has 0 spiro atoms. The van der Waals surface area contributed by atoms with E-state index in [2.05, 4.69) is 26.2 Å². The highest BCUT2D eigenvalue weighted by atomic mass is 79.9. The van der Waals surface area contributed by atoms with E-state index < -0.39 is 0 Å². The summed E-state index contributed by atoms with van der Waals surface area (Å²) in [6.07, 6.45) is 3.45. The molecule has 2 aromatic carbocycles. The average molecular weight is 547 g/mol. The van der Waals surface area contributed by atoms with Crippen LogP contribution in [0.25, 0.3) is 0 Å². The van der Waals surface area contributed by atoms with Crippen molar-refractivity contribution in [1.82, 2.24) is 14.9 Å². The Balaban J connectivity index is 1.36. The summed E-state index contributed by atoms with van der Waals surface area (Å²) in [6.45, 7) is 1.34. The first-order valence-electron chi connectivity index (χ1n) is 11.2. The third-order valence-electron chi connectivity index (χ3n) is 5.89. The summed E-state index contributed by atoms with van der Waals surface area (Å²) >= 11 is 4.97. The second kappa shape index (κ2) is 10.5. The lowest BCUT2D eigenvalue weighted by molar-refractivity contribution is -0.116. The monoisotopic (exact) mass is 546 g/mol. The van der Waals surface area contributed by atoms with Crippen molar-refractivity contribution >= 4 is 45.2 Å². The molecule has 35 heavy (non-hydrogen) atoms. The number of hydrogen-bond donors (Lipinski definition) is 1.